The summed E-state index contributed by atoms with van der Waals surface area (Å²) in [5.74, 6) is 0. The number of hydrogen-bond donors (Lipinski definition) is 1. The van der Waals surface area contributed by atoms with Gasteiger partial charge in [-0.2, -0.15) is 15.8 Å². The Labute approximate surface area is 146 Å². The number of hydrogen-bond acceptors (Lipinski definition) is 6. The van der Waals surface area contributed by atoms with Crippen LogP contribution in [0.1, 0.15) is 6.92 Å². The van der Waals surface area contributed by atoms with Crippen molar-refractivity contribution in [1.29, 1.82) is 15.8 Å². The summed E-state index contributed by atoms with van der Waals surface area (Å²) in [5, 5.41) is 30.6. The number of allylic oxidation sites excluding steroid dienone is 2. The number of nitriles is 3. The molecule has 0 atom stereocenters. The first-order chi connectivity index (χ1) is 11.6. The van der Waals surface area contributed by atoms with Crippen LogP contribution in [0.15, 0.2) is 29.5 Å². The van der Waals surface area contributed by atoms with Gasteiger partial charge in [-0.3, -0.25) is 0 Å². The van der Waals surface area contributed by atoms with Gasteiger partial charge in [0, 0.05) is 26.2 Å². The molecule has 1 heterocycles. The van der Waals surface area contributed by atoms with Crippen molar-refractivity contribution in [1.82, 2.24) is 4.90 Å². The van der Waals surface area contributed by atoms with E-state index in [0.29, 0.717) is 10.7 Å². The third-order valence-electron chi connectivity index (χ3n) is 3.97. The highest BCUT2D eigenvalue weighted by molar-refractivity contribution is 6.34. The molecule has 0 unspecified atom stereocenters. The lowest BCUT2D eigenvalue weighted by Gasteiger charge is -2.36. The predicted octanol–water partition coefficient (Wildman–Crippen LogP) is 2.72. The molecule has 0 aromatic heterocycles. The molecule has 1 fully saturated rings. The Hall–Kier alpha value is -2.72. The van der Waals surface area contributed by atoms with Crippen molar-refractivity contribution in [2.45, 2.75) is 6.92 Å². The van der Waals surface area contributed by atoms with E-state index in [1.807, 2.05) is 6.07 Å². The van der Waals surface area contributed by atoms with Crippen LogP contribution in [0, 0.1) is 34.0 Å². The predicted molar refractivity (Wildman–Crippen MR) is 93.3 cm³/mol. The maximum atomic E-state index is 9.23. The minimum absolute atomic E-state index is 0.0734. The summed E-state index contributed by atoms with van der Waals surface area (Å²) in [5.41, 5.74) is 1.08. The lowest BCUT2D eigenvalue weighted by molar-refractivity contribution is 0.271. The number of nitrogens with zero attached hydrogens (tertiary/aromatic N) is 5. The van der Waals surface area contributed by atoms with Crippen LogP contribution in [0.3, 0.4) is 0 Å². The second-order valence-electron chi connectivity index (χ2n) is 5.27. The molecular weight excluding hydrogens is 324 g/mol. The number of rotatable bonds is 4. The summed E-state index contributed by atoms with van der Waals surface area (Å²) in [7, 11) is 0. The van der Waals surface area contributed by atoms with Gasteiger partial charge in [0.15, 0.2) is 5.57 Å². The summed E-state index contributed by atoms with van der Waals surface area (Å²) in [6, 6.07) is 10.7. The summed E-state index contributed by atoms with van der Waals surface area (Å²) in [6.07, 6.45) is 0. The van der Waals surface area contributed by atoms with Gasteiger partial charge in [-0.15, -0.1) is 0 Å². The molecule has 0 spiro atoms. The van der Waals surface area contributed by atoms with Crippen molar-refractivity contribution in [3.63, 3.8) is 0 Å². The molecular formula is C17H17ClN6. The number of halogens is 1. The highest BCUT2D eigenvalue weighted by Gasteiger charge is 2.21. The van der Waals surface area contributed by atoms with Gasteiger partial charge in [0.1, 0.15) is 23.9 Å². The minimum atomic E-state index is -0.251. The second kappa shape index (κ2) is 8.22. The van der Waals surface area contributed by atoms with Crippen LogP contribution >= 0.6 is 11.6 Å². The number of piperazine rings is 1. The summed E-state index contributed by atoms with van der Waals surface area (Å²) in [4.78, 5) is 4.51. The van der Waals surface area contributed by atoms with E-state index in [4.69, 9.17) is 22.1 Å². The maximum absolute atomic E-state index is 9.23. The smallest absolute Gasteiger partial charge is 0.163 e. The van der Waals surface area contributed by atoms with E-state index < -0.39 is 0 Å². The zero-order valence-corrected chi connectivity index (χ0v) is 14.1. The molecule has 1 saturated heterocycles. The first kappa shape index (κ1) is 17.6. The maximum Gasteiger partial charge on any atom is 0.163 e. The van der Waals surface area contributed by atoms with E-state index in [0.717, 1.165) is 38.4 Å². The van der Waals surface area contributed by atoms with Crippen LogP contribution in [0.4, 0.5) is 11.4 Å². The molecule has 0 aliphatic carbocycles. The monoisotopic (exact) mass is 340 g/mol. The lowest BCUT2D eigenvalue weighted by atomic mass is 10.2. The average molecular weight is 341 g/mol. The molecule has 0 bridgehead atoms. The summed E-state index contributed by atoms with van der Waals surface area (Å²) < 4.78 is 0. The van der Waals surface area contributed by atoms with E-state index in [1.165, 1.54) is 0 Å². The Balaban J connectivity index is 2.35. The van der Waals surface area contributed by atoms with Crippen molar-refractivity contribution in [2.75, 3.05) is 42.9 Å². The first-order valence-corrected chi connectivity index (χ1v) is 7.99. The third-order valence-corrected chi connectivity index (χ3v) is 4.27. The molecule has 122 valence electrons. The standard InChI is InChI=1S/C17H17ClN6/c1-2-23-6-8-24(9-7-23)17-14(18)4-3-5-15(17)22-16(12-21)13(10-19)11-20/h3-5,22H,2,6-9H2,1H3. The van der Waals surface area contributed by atoms with Crippen molar-refractivity contribution >= 4 is 23.0 Å². The highest BCUT2D eigenvalue weighted by Crippen LogP contribution is 2.35. The molecule has 1 aromatic carbocycles. The van der Waals surface area contributed by atoms with E-state index in [-0.39, 0.29) is 11.3 Å². The topological polar surface area (TPSA) is 89.9 Å². The van der Waals surface area contributed by atoms with Gasteiger partial charge in [-0.1, -0.05) is 24.6 Å². The van der Waals surface area contributed by atoms with Crippen LogP contribution < -0.4 is 10.2 Å². The normalized spacial score (nSPS) is 14.2. The molecule has 6 nitrogen and oxygen atoms in total. The second-order valence-corrected chi connectivity index (χ2v) is 5.67. The van der Waals surface area contributed by atoms with Crippen molar-refractivity contribution in [3.8, 4) is 18.2 Å². The van der Waals surface area contributed by atoms with Crippen molar-refractivity contribution < 1.29 is 0 Å². The zero-order chi connectivity index (χ0) is 17.5. The lowest BCUT2D eigenvalue weighted by Crippen LogP contribution is -2.46. The molecule has 0 amide bonds. The zero-order valence-electron chi connectivity index (χ0n) is 13.4. The number of para-hydroxylation sites is 1. The van der Waals surface area contributed by atoms with Gasteiger partial charge in [-0.05, 0) is 18.7 Å². The molecule has 2 rings (SSSR count). The van der Waals surface area contributed by atoms with E-state index in [9.17, 15) is 5.26 Å². The summed E-state index contributed by atoms with van der Waals surface area (Å²) in [6.45, 7) is 6.65. The number of anilines is 2. The van der Waals surface area contributed by atoms with Gasteiger partial charge in [0.2, 0.25) is 0 Å². The van der Waals surface area contributed by atoms with E-state index in [1.54, 1.807) is 30.3 Å². The Morgan fingerprint density at radius 2 is 1.79 bits per heavy atom. The quantitative estimate of drug-likeness (QED) is 0.847. The largest absolute Gasteiger partial charge is 0.366 e. The van der Waals surface area contributed by atoms with Crippen molar-refractivity contribution in [2.24, 2.45) is 0 Å². The third kappa shape index (κ3) is 3.78. The number of nitrogens with one attached hydrogen (secondary N) is 1. The Morgan fingerprint density at radius 1 is 1.12 bits per heavy atom. The SMILES string of the molecule is CCN1CCN(c2c(Cl)cccc2NC(C#N)=C(C#N)C#N)CC1. The van der Waals surface area contributed by atoms with Crippen LogP contribution in [-0.4, -0.2) is 37.6 Å². The molecule has 0 radical (unpaired) electrons. The minimum Gasteiger partial charge on any atom is -0.366 e. The van der Waals surface area contributed by atoms with Crippen LogP contribution in [0.2, 0.25) is 5.02 Å². The van der Waals surface area contributed by atoms with Crippen LogP contribution in [0.5, 0.6) is 0 Å². The van der Waals surface area contributed by atoms with Crippen molar-refractivity contribution in [3.05, 3.63) is 34.5 Å². The van der Waals surface area contributed by atoms with Gasteiger partial charge < -0.3 is 15.1 Å². The molecule has 1 aliphatic rings. The molecule has 0 saturated carbocycles. The summed E-state index contributed by atoms with van der Waals surface area (Å²) >= 11 is 6.38. The molecule has 7 heteroatoms. The first-order valence-electron chi connectivity index (χ1n) is 7.62. The fourth-order valence-corrected chi connectivity index (χ4v) is 2.94. The van der Waals surface area contributed by atoms with Gasteiger partial charge >= 0.3 is 0 Å². The Morgan fingerprint density at radius 3 is 2.33 bits per heavy atom. The Kier molecular flexibility index (Phi) is 6.04. The molecule has 1 N–H and O–H groups in total. The highest BCUT2D eigenvalue weighted by atomic mass is 35.5. The average Bonchev–Trinajstić information content (AvgIpc) is 2.62. The van der Waals surface area contributed by atoms with Gasteiger partial charge in [-0.25, -0.2) is 0 Å². The van der Waals surface area contributed by atoms with Gasteiger partial charge in [0.25, 0.3) is 0 Å². The van der Waals surface area contributed by atoms with E-state index >= 15 is 0 Å². The van der Waals surface area contributed by atoms with Crippen LogP contribution in [0.25, 0.3) is 0 Å². The Bertz CT molecular complexity index is 741. The van der Waals surface area contributed by atoms with Gasteiger partial charge in [0.05, 0.1) is 16.4 Å². The van der Waals surface area contributed by atoms with Crippen LogP contribution in [-0.2, 0) is 0 Å². The molecule has 1 aromatic rings. The number of benzene rings is 1. The van der Waals surface area contributed by atoms with E-state index in [2.05, 4.69) is 22.0 Å². The number of likely N-dealkylation sites (N-methyl/N-ethyl adjacent to an activating group) is 1. The fraction of sp³-hybridized carbons (Fsp3) is 0.353. The fourth-order valence-electron chi connectivity index (χ4n) is 2.64. The molecule has 1 aliphatic heterocycles. The molecule has 24 heavy (non-hydrogen) atoms.